The number of aliphatic imine (C=N–C) groups is 1. The predicted molar refractivity (Wildman–Crippen MR) is 129 cm³/mol. The van der Waals surface area contributed by atoms with Crippen LogP contribution in [0, 0.1) is 11.6 Å². The van der Waals surface area contributed by atoms with Crippen LogP contribution in [0.25, 0.3) is 0 Å². The SMILES string of the molecule is CCNC(=NCc1ccnc(N(C)C)c1)NC1CCN(c2c(F)cccc2F)C1.I. The van der Waals surface area contributed by atoms with Crippen molar-refractivity contribution in [2.24, 2.45) is 4.99 Å². The fraction of sp³-hybridized carbons (Fsp3) is 0.429. The van der Waals surface area contributed by atoms with Crippen molar-refractivity contribution in [2.45, 2.75) is 25.9 Å². The van der Waals surface area contributed by atoms with Gasteiger partial charge in [-0.05, 0) is 43.2 Å². The Labute approximate surface area is 193 Å². The van der Waals surface area contributed by atoms with E-state index in [2.05, 4.69) is 20.6 Å². The van der Waals surface area contributed by atoms with Crippen LogP contribution in [0.2, 0.25) is 0 Å². The molecule has 1 aromatic heterocycles. The van der Waals surface area contributed by atoms with Gasteiger partial charge in [0.2, 0.25) is 0 Å². The maximum atomic E-state index is 14.1. The number of aromatic nitrogens is 1. The Morgan fingerprint density at radius 1 is 1.27 bits per heavy atom. The third kappa shape index (κ3) is 6.16. The molecule has 0 aliphatic carbocycles. The van der Waals surface area contributed by atoms with Gasteiger partial charge in [-0.25, -0.2) is 18.8 Å². The first-order chi connectivity index (χ1) is 14.0. The normalized spacial score (nSPS) is 16.2. The van der Waals surface area contributed by atoms with Crippen molar-refractivity contribution in [1.29, 1.82) is 0 Å². The van der Waals surface area contributed by atoms with Crippen molar-refractivity contribution in [1.82, 2.24) is 15.6 Å². The molecule has 1 unspecified atom stereocenters. The minimum absolute atomic E-state index is 0. The van der Waals surface area contributed by atoms with Crippen molar-refractivity contribution < 1.29 is 8.78 Å². The Hall–Kier alpha value is -2.17. The zero-order chi connectivity index (χ0) is 20.8. The molecule has 0 spiro atoms. The van der Waals surface area contributed by atoms with E-state index >= 15 is 0 Å². The average Bonchev–Trinajstić information content (AvgIpc) is 3.14. The number of hydrogen-bond donors (Lipinski definition) is 2. The van der Waals surface area contributed by atoms with E-state index in [1.165, 1.54) is 18.2 Å². The Kier molecular flexibility index (Phi) is 9.07. The van der Waals surface area contributed by atoms with Gasteiger partial charge in [0.25, 0.3) is 0 Å². The highest BCUT2D eigenvalue weighted by Crippen LogP contribution is 2.26. The molecule has 1 atom stereocenters. The molecule has 9 heteroatoms. The summed E-state index contributed by atoms with van der Waals surface area (Å²) in [7, 11) is 3.90. The minimum atomic E-state index is -0.527. The Balaban J connectivity index is 0.00000320. The van der Waals surface area contributed by atoms with E-state index < -0.39 is 11.6 Å². The molecule has 3 rings (SSSR count). The van der Waals surface area contributed by atoms with Crippen LogP contribution < -0.4 is 20.4 Å². The van der Waals surface area contributed by atoms with Crippen molar-refractivity contribution in [3.63, 3.8) is 0 Å². The monoisotopic (exact) mass is 530 g/mol. The van der Waals surface area contributed by atoms with E-state index in [4.69, 9.17) is 0 Å². The molecule has 1 aliphatic rings. The maximum Gasteiger partial charge on any atom is 0.191 e. The largest absolute Gasteiger partial charge is 0.365 e. The number of guanidine groups is 1. The second-order valence-corrected chi connectivity index (χ2v) is 7.26. The number of anilines is 2. The minimum Gasteiger partial charge on any atom is -0.365 e. The highest BCUT2D eigenvalue weighted by molar-refractivity contribution is 14.0. The van der Waals surface area contributed by atoms with Crippen LogP contribution in [-0.4, -0.2) is 50.7 Å². The van der Waals surface area contributed by atoms with Gasteiger partial charge in [-0.3, -0.25) is 0 Å². The summed E-state index contributed by atoms with van der Waals surface area (Å²) in [5.41, 5.74) is 1.11. The summed E-state index contributed by atoms with van der Waals surface area (Å²) in [6, 6.07) is 7.98. The third-order valence-electron chi connectivity index (χ3n) is 4.81. The van der Waals surface area contributed by atoms with Crippen LogP contribution in [0.1, 0.15) is 18.9 Å². The summed E-state index contributed by atoms with van der Waals surface area (Å²) in [4.78, 5) is 12.7. The smallest absolute Gasteiger partial charge is 0.191 e. The van der Waals surface area contributed by atoms with Gasteiger partial charge in [0.05, 0.1) is 6.54 Å². The molecule has 164 valence electrons. The first-order valence-corrected chi connectivity index (χ1v) is 9.84. The van der Waals surface area contributed by atoms with Crippen LogP contribution in [0.15, 0.2) is 41.5 Å². The molecule has 1 aliphatic heterocycles. The Morgan fingerprint density at radius 3 is 2.67 bits per heavy atom. The standard InChI is InChI=1S/C21H28F2N6.HI/c1-4-24-21(26-13-15-8-10-25-19(12-15)28(2)3)27-16-9-11-29(14-16)20-17(22)6-5-7-18(20)23;/h5-8,10,12,16H,4,9,11,13-14H2,1-3H3,(H2,24,26,27);1H. The van der Waals surface area contributed by atoms with Crippen LogP contribution in [0.4, 0.5) is 20.3 Å². The van der Waals surface area contributed by atoms with Crippen molar-refractivity contribution in [2.75, 3.05) is 43.5 Å². The van der Waals surface area contributed by atoms with E-state index in [0.717, 1.165) is 24.3 Å². The molecule has 30 heavy (non-hydrogen) atoms. The molecular formula is C21H29F2IN6. The highest BCUT2D eigenvalue weighted by Gasteiger charge is 2.27. The van der Waals surface area contributed by atoms with Gasteiger partial charge in [-0.1, -0.05) is 6.07 Å². The van der Waals surface area contributed by atoms with Crippen LogP contribution >= 0.6 is 24.0 Å². The molecule has 2 heterocycles. The van der Waals surface area contributed by atoms with E-state index in [1.54, 1.807) is 11.1 Å². The van der Waals surface area contributed by atoms with Crippen molar-refractivity contribution in [3.05, 3.63) is 53.7 Å². The quantitative estimate of drug-likeness (QED) is 0.341. The van der Waals surface area contributed by atoms with Gasteiger partial charge in [-0.15, -0.1) is 24.0 Å². The molecular weight excluding hydrogens is 501 g/mol. The van der Waals surface area contributed by atoms with Gasteiger partial charge in [0, 0.05) is 46.0 Å². The fourth-order valence-electron chi connectivity index (χ4n) is 3.36. The average molecular weight is 530 g/mol. The van der Waals surface area contributed by atoms with Gasteiger partial charge in [0.15, 0.2) is 5.96 Å². The van der Waals surface area contributed by atoms with Gasteiger partial charge >= 0.3 is 0 Å². The Bertz CT molecular complexity index is 841. The summed E-state index contributed by atoms with van der Waals surface area (Å²) < 4.78 is 28.1. The summed E-state index contributed by atoms with van der Waals surface area (Å²) in [5.74, 6) is 0.520. The molecule has 0 bridgehead atoms. The first-order valence-electron chi connectivity index (χ1n) is 9.84. The highest BCUT2D eigenvalue weighted by atomic mass is 127. The summed E-state index contributed by atoms with van der Waals surface area (Å²) in [5, 5.41) is 6.63. The molecule has 0 radical (unpaired) electrons. The van der Waals surface area contributed by atoms with Gasteiger partial charge in [-0.2, -0.15) is 0 Å². The number of para-hydroxylation sites is 1. The molecule has 0 amide bonds. The lowest BCUT2D eigenvalue weighted by Gasteiger charge is -2.21. The number of hydrogen-bond acceptors (Lipinski definition) is 4. The molecule has 1 fully saturated rings. The second kappa shape index (κ2) is 11.3. The van der Waals surface area contributed by atoms with Crippen LogP contribution in [0.3, 0.4) is 0 Å². The van der Waals surface area contributed by atoms with E-state index in [1.807, 2.05) is 38.1 Å². The number of nitrogens with zero attached hydrogens (tertiary/aromatic N) is 4. The topological polar surface area (TPSA) is 55.8 Å². The summed E-state index contributed by atoms with van der Waals surface area (Å²) >= 11 is 0. The molecule has 1 saturated heterocycles. The summed E-state index contributed by atoms with van der Waals surface area (Å²) in [6.45, 7) is 4.35. The van der Waals surface area contributed by atoms with Crippen molar-refractivity contribution >= 4 is 41.4 Å². The van der Waals surface area contributed by atoms with Gasteiger partial charge < -0.3 is 20.4 Å². The zero-order valence-electron chi connectivity index (χ0n) is 17.5. The Morgan fingerprint density at radius 2 is 2.00 bits per heavy atom. The third-order valence-corrected chi connectivity index (χ3v) is 4.81. The number of nitrogens with one attached hydrogen (secondary N) is 2. The second-order valence-electron chi connectivity index (χ2n) is 7.26. The lowest BCUT2D eigenvalue weighted by atomic mass is 10.2. The van der Waals surface area contributed by atoms with E-state index in [-0.39, 0.29) is 35.7 Å². The van der Waals surface area contributed by atoms with Crippen LogP contribution in [-0.2, 0) is 6.54 Å². The first kappa shape index (κ1) is 24.1. The zero-order valence-corrected chi connectivity index (χ0v) is 19.9. The molecule has 2 aromatic rings. The maximum absolute atomic E-state index is 14.1. The molecule has 0 saturated carbocycles. The fourth-order valence-corrected chi connectivity index (χ4v) is 3.36. The van der Waals surface area contributed by atoms with Crippen molar-refractivity contribution in [3.8, 4) is 0 Å². The number of halogens is 3. The van der Waals surface area contributed by atoms with Gasteiger partial charge in [0.1, 0.15) is 23.1 Å². The van der Waals surface area contributed by atoms with E-state index in [9.17, 15) is 8.78 Å². The van der Waals surface area contributed by atoms with Crippen LogP contribution in [0.5, 0.6) is 0 Å². The van der Waals surface area contributed by atoms with E-state index in [0.29, 0.717) is 25.6 Å². The lowest BCUT2D eigenvalue weighted by molar-refractivity contribution is 0.576. The number of rotatable bonds is 6. The molecule has 1 aromatic carbocycles. The predicted octanol–water partition coefficient (Wildman–Crippen LogP) is 3.38. The summed E-state index contributed by atoms with van der Waals surface area (Å²) in [6.07, 6.45) is 2.55. The molecule has 6 nitrogen and oxygen atoms in total. The number of pyridine rings is 1. The lowest BCUT2D eigenvalue weighted by Crippen LogP contribution is -2.44. The molecule has 2 N–H and O–H groups in total. The number of benzene rings is 1.